The van der Waals surface area contributed by atoms with Gasteiger partial charge in [-0.2, -0.15) is 4.98 Å². The second-order valence-electron chi connectivity index (χ2n) is 7.82. The molecule has 0 bridgehead atoms. The Morgan fingerprint density at radius 2 is 2.11 bits per heavy atom. The van der Waals surface area contributed by atoms with Crippen molar-refractivity contribution in [1.29, 1.82) is 0 Å². The molecule has 1 atom stereocenters. The van der Waals surface area contributed by atoms with Crippen molar-refractivity contribution < 1.29 is 23.4 Å². The first-order valence-corrected chi connectivity index (χ1v) is 9.23. The van der Waals surface area contributed by atoms with Gasteiger partial charge in [-0.15, -0.1) is 0 Å². The smallest absolute Gasteiger partial charge is 0.410 e. The number of aromatic nitrogens is 3. The second kappa shape index (κ2) is 7.99. The lowest BCUT2D eigenvalue weighted by Gasteiger charge is -2.33. The highest BCUT2D eigenvalue weighted by molar-refractivity contribution is 5.80. The van der Waals surface area contributed by atoms with E-state index < -0.39 is 11.7 Å². The maximum atomic E-state index is 12.5. The molecule has 3 rings (SSSR count). The summed E-state index contributed by atoms with van der Waals surface area (Å²) in [5, 5.41) is 10.4. The van der Waals surface area contributed by atoms with Crippen LogP contribution in [0.3, 0.4) is 0 Å². The highest BCUT2D eigenvalue weighted by Gasteiger charge is 2.31. The molecule has 0 unspecified atom stereocenters. The van der Waals surface area contributed by atoms with Gasteiger partial charge in [0, 0.05) is 19.2 Å². The summed E-state index contributed by atoms with van der Waals surface area (Å²) >= 11 is 0. The van der Waals surface area contributed by atoms with E-state index in [0.29, 0.717) is 36.8 Å². The van der Waals surface area contributed by atoms with E-state index in [2.05, 4.69) is 20.6 Å². The topological polar surface area (TPSA) is 124 Å². The van der Waals surface area contributed by atoms with Gasteiger partial charge in [-0.1, -0.05) is 10.3 Å². The van der Waals surface area contributed by atoms with Gasteiger partial charge >= 0.3 is 6.09 Å². The molecule has 1 N–H and O–H groups in total. The molecule has 1 aliphatic heterocycles. The Morgan fingerprint density at radius 1 is 1.32 bits per heavy atom. The summed E-state index contributed by atoms with van der Waals surface area (Å²) < 4.78 is 15.5. The van der Waals surface area contributed by atoms with E-state index >= 15 is 0 Å². The molecule has 1 saturated heterocycles. The fourth-order valence-corrected chi connectivity index (χ4v) is 2.89. The van der Waals surface area contributed by atoms with Crippen LogP contribution in [-0.4, -0.2) is 50.9 Å². The molecule has 1 fully saturated rings. The summed E-state index contributed by atoms with van der Waals surface area (Å²) in [6.07, 6.45) is 1.06. The average Bonchev–Trinajstić information content (AvgIpc) is 3.27. The number of nitrogens with one attached hydrogen (secondary N) is 1. The van der Waals surface area contributed by atoms with Gasteiger partial charge in [-0.25, -0.2) is 4.79 Å². The monoisotopic (exact) mass is 391 g/mol. The van der Waals surface area contributed by atoms with Gasteiger partial charge < -0.3 is 24.0 Å². The molecule has 0 saturated carbocycles. The van der Waals surface area contributed by atoms with Crippen LogP contribution in [0, 0.1) is 12.8 Å². The average molecular weight is 391 g/mol. The van der Waals surface area contributed by atoms with E-state index in [-0.39, 0.29) is 24.3 Å². The maximum absolute atomic E-state index is 12.5. The zero-order valence-electron chi connectivity index (χ0n) is 16.5. The number of amides is 2. The van der Waals surface area contributed by atoms with E-state index in [1.807, 2.05) is 20.8 Å². The Morgan fingerprint density at radius 3 is 2.79 bits per heavy atom. The largest absolute Gasteiger partial charge is 0.444 e. The minimum absolute atomic E-state index is 0.103. The first-order valence-electron chi connectivity index (χ1n) is 9.23. The third-order valence-electron chi connectivity index (χ3n) is 4.18. The standard InChI is InChI=1S/C18H25N5O5/c1-11-8-13(21-27-11)15-20-14(28-22-15)9-19-16(24)12-6-5-7-23(10-12)17(25)26-18(2,3)4/h8,12H,5-7,9-10H2,1-4H3,(H,19,24)/t12-/m1/s1. The summed E-state index contributed by atoms with van der Waals surface area (Å²) in [4.78, 5) is 30.5. The van der Waals surface area contributed by atoms with E-state index in [9.17, 15) is 9.59 Å². The summed E-state index contributed by atoms with van der Waals surface area (Å²) in [5.41, 5.74) is -0.0937. The molecular formula is C18H25N5O5. The first-order chi connectivity index (χ1) is 13.2. The summed E-state index contributed by atoms with van der Waals surface area (Å²) in [6, 6.07) is 1.69. The van der Waals surface area contributed by atoms with Gasteiger partial charge in [-0.3, -0.25) is 4.79 Å². The zero-order chi connectivity index (χ0) is 20.3. The van der Waals surface area contributed by atoms with Crippen molar-refractivity contribution in [3.63, 3.8) is 0 Å². The van der Waals surface area contributed by atoms with Crippen LogP contribution in [0.15, 0.2) is 15.1 Å². The normalized spacial score (nSPS) is 17.4. The van der Waals surface area contributed by atoms with Crippen LogP contribution in [0.1, 0.15) is 45.3 Å². The van der Waals surface area contributed by atoms with Crippen LogP contribution >= 0.6 is 0 Å². The van der Waals surface area contributed by atoms with Gasteiger partial charge in [0.05, 0.1) is 12.5 Å². The minimum Gasteiger partial charge on any atom is -0.444 e. The fraction of sp³-hybridized carbons (Fsp3) is 0.611. The second-order valence-corrected chi connectivity index (χ2v) is 7.82. The number of carbonyl (C=O) groups excluding carboxylic acids is 2. The van der Waals surface area contributed by atoms with Gasteiger partial charge in [0.2, 0.25) is 17.6 Å². The van der Waals surface area contributed by atoms with Crippen molar-refractivity contribution in [2.45, 2.75) is 52.7 Å². The zero-order valence-corrected chi connectivity index (χ0v) is 16.5. The van der Waals surface area contributed by atoms with Crippen molar-refractivity contribution in [1.82, 2.24) is 25.5 Å². The van der Waals surface area contributed by atoms with Crippen molar-refractivity contribution in [2.24, 2.45) is 5.92 Å². The van der Waals surface area contributed by atoms with E-state index in [0.717, 1.165) is 6.42 Å². The van der Waals surface area contributed by atoms with Crippen molar-refractivity contribution in [3.8, 4) is 11.5 Å². The minimum atomic E-state index is -0.565. The van der Waals surface area contributed by atoms with Crippen LogP contribution < -0.4 is 5.32 Å². The number of hydrogen-bond donors (Lipinski definition) is 1. The lowest BCUT2D eigenvalue weighted by atomic mass is 9.97. The van der Waals surface area contributed by atoms with Gasteiger partial charge in [0.15, 0.2) is 5.69 Å². The first kappa shape index (κ1) is 19.8. The number of ether oxygens (including phenoxy) is 1. The Bertz CT molecular complexity index is 838. The molecule has 0 radical (unpaired) electrons. The third-order valence-corrected chi connectivity index (χ3v) is 4.18. The Labute approximate surface area is 162 Å². The number of carbonyl (C=O) groups is 2. The summed E-state index contributed by atoms with van der Waals surface area (Å²) in [6.45, 7) is 8.24. The number of aryl methyl sites for hydroxylation is 1. The van der Waals surface area contributed by atoms with Crippen LogP contribution in [0.5, 0.6) is 0 Å². The van der Waals surface area contributed by atoms with Crippen LogP contribution in [0.25, 0.3) is 11.5 Å². The maximum Gasteiger partial charge on any atom is 0.410 e. The number of hydrogen-bond acceptors (Lipinski definition) is 8. The molecule has 2 amide bonds. The van der Waals surface area contributed by atoms with Crippen molar-refractivity contribution in [3.05, 3.63) is 17.7 Å². The van der Waals surface area contributed by atoms with E-state index in [1.54, 1.807) is 17.9 Å². The molecule has 2 aromatic heterocycles. The van der Waals surface area contributed by atoms with Crippen molar-refractivity contribution >= 4 is 12.0 Å². The molecule has 2 aromatic rings. The van der Waals surface area contributed by atoms with Crippen molar-refractivity contribution in [2.75, 3.05) is 13.1 Å². The predicted molar refractivity (Wildman–Crippen MR) is 96.9 cm³/mol. The molecule has 1 aliphatic rings. The molecule has 0 aliphatic carbocycles. The lowest BCUT2D eigenvalue weighted by molar-refractivity contribution is -0.126. The molecule has 152 valence electrons. The van der Waals surface area contributed by atoms with Gasteiger partial charge in [-0.05, 0) is 40.5 Å². The number of nitrogens with zero attached hydrogens (tertiary/aromatic N) is 4. The Kier molecular flexibility index (Phi) is 5.66. The quantitative estimate of drug-likeness (QED) is 0.842. The molecule has 10 nitrogen and oxygen atoms in total. The van der Waals surface area contributed by atoms with Crippen LogP contribution in [0.2, 0.25) is 0 Å². The predicted octanol–water partition coefficient (Wildman–Crippen LogP) is 2.30. The number of rotatable bonds is 4. The number of piperidine rings is 1. The van der Waals surface area contributed by atoms with E-state index in [1.165, 1.54) is 0 Å². The molecule has 0 spiro atoms. The summed E-state index contributed by atoms with van der Waals surface area (Å²) in [7, 11) is 0. The van der Waals surface area contributed by atoms with Gasteiger partial charge in [0.25, 0.3) is 0 Å². The molecule has 10 heteroatoms. The molecule has 0 aromatic carbocycles. The third kappa shape index (κ3) is 5.08. The fourth-order valence-electron chi connectivity index (χ4n) is 2.89. The SMILES string of the molecule is Cc1cc(-c2noc(CNC(=O)[C@@H]3CCCN(C(=O)OC(C)(C)C)C3)n2)no1. The highest BCUT2D eigenvalue weighted by Crippen LogP contribution is 2.20. The lowest BCUT2D eigenvalue weighted by Crippen LogP contribution is -2.46. The Balaban J connectivity index is 1.52. The van der Waals surface area contributed by atoms with Crippen LogP contribution in [-0.2, 0) is 16.1 Å². The Hall–Kier alpha value is -2.91. The molecule has 3 heterocycles. The molecular weight excluding hydrogens is 366 g/mol. The van der Waals surface area contributed by atoms with Gasteiger partial charge in [0.1, 0.15) is 11.4 Å². The van der Waals surface area contributed by atoms with E-state index in [4.69, 9.17) is 13.8 Å². The number of likely N-dealkylation sites (tertiary alicyclic amines) is 1. The summed E-state index contributed by atoms with van der Waals surface area (Å²) in [5.74, 6) is 0.743. The highest BCUT2D eigenvalue weighted by atomic mass is 16.6. The molecule has 28 heavy (non-hydrogen) atoms. The van der Waals surface area contributed by atoms with Crippen LogP contribution in [0.4, 0.5) is 4.79 Å².